The first kappa shape index (κ1) is 14.4. The van der Waals surface area contributed by atoms with Gasteiger partial charge in [-0.25, -0.2) is 0 Å². The molecule has 0 amide bonds. The quantitative estimate of drug-likeness (QED) is 0.558. The molecule has 110 valence electrons. The number of nitro benzene ring substituents is 1. The number of nitro groups is 1. The number of hydrazone groups is 2. The van der Waals surface area contributed by atoms with Crippen LogP contribution in [0.4, 0.5) is 5.69 Å². The molecule has 0 saturated carbocycles. The van der Waals surface area contributed by atoms with Gasteiger partial charge in [-0.3, -0.25) is 15.5 Å². The van der Waals surface area contributed by atoms with Gasteiger partial charge in [0.2, 0.25) is 5.90 Å². The van der Waals surface area contributed by atoms with Gasteiger partial charge in [0, 0.05) is 26.2 Å². The molecule has 3 N–H and O–H groups in total. The Balaban J connectivity index is 2.38. The fraction of sp³-hybridized carbons (Fsp3) is 0.250. The lowest BCUT2D eigenvalue weighted by molar-refractivity contribution is -0.384. The van der Waals surface area contributed by atoms with E-state index in [2.05, 4.69) is 21.1 Å². The summed E-state index contributed by atoms with van der Waals surface area (Å²) >= 11 is 0. The van der Waals surface area contributed by atoms with E-state index in [9.17, 15) is 10.1 Å². The summed E-state index contributed by atoms with van der Waals surface area (Å²) in [6.07, 6.45) is -0.627. The summed E-state index contributed by atoms with van der Waals surface area (Å²) in [5.41, 5.74) is 6.60. The summed E-state index contributed by atoms with van der Waals surface area (Å²) in [5.74, 6) is -0.110. The molecule has 0 unspecified atom stereocenters. The number of rotatable bonds is 4. The monoisotopic (exact) mass is 290 g/mol. The summed E-state index contributed by atoms with van der Waals surface area (Å²) in [4.78, 5) is 10.2. The molecule has 0 aromatic heterocycles. The van der Waals surface area contributed by atoms with Crippen molar-refractivity contribution in [2.75, 3.05) is 14.1 Å². The molecule has 1 fully saturated rings. The molecule has 9 nitrogen and oxygen atoms in total. The largest absolute Gasteiger partial charge is 0.461 e. The standard InChI is InChI=1S/C12H14N6O3/c1-14-16-9-10(17-15-2)12(13)21-11(9)7-3-5-8(6-4-7)18(19)20/h3-6,11,13-15H,1-2H3/b13-12?,16-9?,17-10+/t11-/m1/s1. The minimum atomic E-state index is -0.627. The van der Waals surface area contributed by atoms with Crippen LogP contribution in [0.5, 0.6) is 0 Å². The lowest BCUT2D eigenvalue weighted by Gasteiger charge is -2.10. The van der Waals surface area contributed by atoms with E-state index in [1.165, 1.54) is 12.1 Å². The molecule has 2 rings (SSSR count). The number of hydrogen-bond donors (Lipinski definition) is 3. The van der Waals surface area contributed by atoms with Gasteiger partial charge in [0.1, 0.15) is 5.71 Å². The zero-order chi connectivity index (χ0) is 15.4. The number of nitrogens with one attached hydrogen (secondary N) is 3. The van der Waals surface area contributed by atoms with E-state index in [0.29, 0.717) is 11.3 Å². The molecule has 1 heterocycles. The van der Waals surface area contributed by atoms with E-state index < -0.39 is 11.0 Å². The average Bonchev–Trinajstić information content (AvgIpc) is 2.77. The van der Waals surface area contributed by atoms with Crippen molar-refractivity contribution >= 4 is 23.0 Å². The summed E-state index contributed by atoms with van der Waals surface area (Å²) in [6.45, 7) is 0. The maximum absolute atomic E-state index is 10.7. The number of nitrogens with zero attached hydrogens (tertiary/aromatic N) is 3. The van der Waals surface area contributed by atoms with Crippen molar-refractivity contribution in [3.05, 3.63) is 39.9 Å². The van der Waals surface area contributed by atoms with E-state index in [4.69, 9.17) is 10.1 Å². The second kappa shape index (κ2) is 5.99. The van der Waals surface area contributed by atoms with Crippen molar-refractivity contribution in [1.29, 1.82) is 5.41 Å². The van der Waals surface area contributed by atoms with Crippen LogP contribution in [-0.4, -0.2) is 36.3 Å². The van der Waals surface area contributed by atoms with Gasteiger partial charge in [0.05, 0.1) is 4.92 Å². The smallest absolute Gasteiger partial charge is 0.269 e. The van der Waals surface area contributed by atoms with Crippen LogP contribution in [0.1, 0.15) is 11.7 Å². The normalized spacial score (nSPS) is 21.4. The Bertz CT molecular complexity index is 622. The molecule has 0 aliphatic carbocycles. The second-order valence-corrected chi connectivity index (χ2v) is 4.08. The number of hydrogen-bond acceptors (Lipinski definition) is 8. The van der Waals surface area contributed by atoms with Crippen molar-refractivity contribution in [2.24, 2.45) is 10.2 Å². The van der Waals surface area contributed by atoms with Crippen LogP contribution in [0.3, 0.4) is 0 Å². The number of ether oxygens (including phenoxy) is 1. The van der Waals surface area contributed by atoms with Gasteiger partial charge in [-0.1, -0.05) is 0 Å². The first-order chi connectivity index (χ1) is 10.1. The van der Waals surface area contributed by atoms with Crippen LogP contribution in [0.25, 0.3) is 0 Å². The summed E-state index contributed by atoms with van der Waals surface area (Å²) in [5, 5.41) is 26.5. The molecular weight excluding hydrogens is 276 g/mol. The Labute approximate surface area is 120 Å². The van der Waals surface area contributed by atoms with E-state index in [1.54, 1.807) is 26.2 Å². The minimum Gasteiger partial charge on any atom is -0.461 e. The topological polar surface area (TPSA) is 125 Å². The molecule has 0 bridgehead atoms. The van der Waals surface area contributed by atoms with Crippen molar-refractivity contribution in [1.82, 2.24) is 10.9 Å². The maximum Gasteiger partial charge on any atom is 0.269 e. The van der Waals surface area contributed by atoms with Crippen molar-refractivity contribution in [3.8, 4) is 0 Å². The van der Waals surface area contributed by atoms with E-state index in [0.717, 1.165) is 0 Å². The Morgan fingerprint density at radius 3 is 2.38 bits per heavy atom. The summed E-state index contributed by atoms with van der Waals surface area (Å²) in [7, 11) is 3.23. The summed E-state index contributed by atoms with van der Waals surface area (Å²) < 4.78 is 5.45. The Morgan fingerprint density at radius 1 is 1.24 bits per heavy atom. The highest BCUT2D eigenvalue weighted by Crippen LogP contribution is 2.27. The molecule has 21 heavy (non-hydrogen) atoms. The Kier molecular flexibility index (Phi) is 4.12. The third-order valence-corrected chi connectivity index (χ3v) is 2.80. The molecule has 0 spiro atoms. The highest BCUT2D eigenvalue weighted by Gasteiger charge is 2.37. The van der Waals surface area contributed by atoms with E-state index in [-0.39, 0.29) is 17.3 Å². The van der Waals surface area contributed by atoms with Gasteiger partial charge < -0.3 is 15.6 Å². The number of non-ortho nitro benzene ring substituents is 1. The maximum atomic E-state index is 10.7. The van der Waals surface area contributed by atoms with E-state index in [1.807, 2.05) is 0 Å². The minimum absolute atomic E-state index is 0.0111. The first-order valence-electron chi connectivity index (χ1n) is 6.07. The molecule has 1 aliphatic heterocycles. The van der Waals surface area contributed by atoms with Crippen LogP contribution in [0.15, 0.2) is 34.5 Å². The SMILES string of the molecule is CNN=C1/C(=N\NC)C(=N)O[C@@H]1c1ccc([N+](=O)[O-])cc1. The van der Waals surface area contributed by atoms with Gasteiger partial charge in [-0.2, -0.15) is 10.2 Å². The molecule has 9 heteroatoms. The van der Waals surface area contributed by atoms with Gasteiger partial charge in [0.25, 0.3) is 5.69 Å². The molecule has 1 saturated heterocycles. The van der Waals surface area contributed by atoms with Gasteiger partial charge in [-0.05, 0) is 17.7 Å². The van der Waals surface area contributed by atoms with Gasteiger partial charge in [-0.15, -0.1) is 0 Å². The highest BCUT2D eigenvalue weighted by atomic mass is 16.6. The third kappa shape index (κ3) is 2.81. The van der Waals surface area contributed by atoms with Crippen LogP contribution < -0.4 is 10.9 Å². The number of benzene rings is 1. The van der Waals surface area contributed by atoms with Crippen LogP contribution >= 0.6 is 0 Å². The molecule has 1 atom stereocenters. The van der Waals surface area contributed by atoms with E-state index >= 15 is 0 Å². The molecule has 0 radical (unpaired) electrons. The molecule has 1 aliphatic rings. The molecule has 1 aromatic carbocycles. The highest BCUT2D eigenvalue weighted by molar-refractivity contribution is 6.69. The van der Waals surface area contributed by atoms with Crippen LogP contribution in [0, 0.1) is 15.5 Å². The molecule has 1 aromatic rings. The first-order valence-corrected chi connectivity index (χ1v) is 6.07. The van der Waals surface area contributed by atoms with Crippen LogP contribution in [-0.2, 0) is 4.74 Å². The summed E-state index contributed by atoms with van der Waals surface area (Å²) in [6, 6.07) is 5.91. The van der Waals surface area contributed by atoms with Crippen LogP contribution in [0.2, 0.25) is 0 Å². The Hall–Kier alpha value is -2.97. The molecular formula is C12H14N6O3. The zero-order valence-electron chi connectivity index (χ0n) is 11.5. The fourth-order valence-electron chi connectivity index (χ4n) is 1.92. The lowest BCUT2D eigenvalue weighted by Crippen LogP contribution is -2.21. The second-order valence-electron chi connectivity index (χ2n) is 4.08. The van der Waals surface area contributed by atoms with Crippen molar-refractivity contribution < 1.29 is 9.66 Å². The third-order valence-electron chi connectivity index (χ3n) is 2.80. The predicted octanol–water partition coefficient (Wildman–Crippen LogP) is 0.794. The lowest BCUT2D eigenvalue weighted by atomic mass is 10.0. The van der Waals surface area contributed by atoms with Gasteiger partial charge >= 0.3 is 0 Å². The van der Waals surface area contributed by atoms with Crippen molar-refractivity contribution in [3.63, 3.8) is 0 Å². The van der Waals surface area contributed by atoms with Gasteiger partial charge in [0.15, 0.2) is 11.8 Å². The Morgan fingerprint density at radius 2 is 1.86 bits per heavy atom. The average molecular weight is 290 g/mol. The fourth-order valence-corrected chi connectivity index (χ4v) is 1.92. The van der Waals surface area contributed by atoms with Crippen molar-refractivity contribution in [2.45, 2.75) is 6.10 Å². The predicted molar refractivity (Wildman–Crippen MR) is 77.6 cm³/mol. The zero-order valence-corrected chi connectivity index (χ0v) is 11.5.